The van der Waals surface area contributed by atoms with Crippen molar-refractivity contribution in [1.82, 2.24) is 10.2 Å². The topological polar surface area (TPSA) is 35.5 Å². The minimum Gasteiger partial charge on any atom is -0.392 e. The van der Waals surface area contributed by atoms with E-state index in [2.05, 4.69) is 65.7 Å². The van der Waals surface area contributed by atoms with E-state index in [0.29, 0.717) is 0 Å². The van der Waals surface area contributed by atoms with Crippen LogP contribution in [0.25, 0.3) is 11.1 Å². The summed E-state index contributed by atoms with van der Waals surface area (Å²) in [5.41, 5.74) is 5.25. The van der Waals surface area contributed by atoms with Crippen LogP contribution in [0.5, 0.6) is 0 Å². The van der Waals surface area contributed by atoms with Gasteiger partial charge in [-0.25, -0.2) is 0 Å². The van der Waals surface area contributed by atoms with Gasteiger partial charge in [0.05, 0.1) is 6.10 Å². The Labute approximate surface area is 151 Å². The summed E-state index contributed by atoms with van der Waals surface area (Å²) in [6.07, 6.45) is 3.10. The zero-order valence-electron chi connectivity index (χ0n) is 15.2. The first kappa shape index (κ1) is 18.1. The van der Waals surface area contributed by atoms with E-state index in [4.69, 9.17) is 0 Å². The first-order chi connectivity index (χ1) is 12.2. The molecule has 1 fully saturated rings. The molecule has 25 heavy (non-hydrogen) atoms. The number of aryl methyl sites for hydroxylation is 1. The number of nitrogens with one attached hydrogen (secondary N) is 1. The Morgan fingerprint density at radius 1 is 1.16 bits per heavy atom. The average molecular weight is 338 g/mol. The number of hydrogen-bond donors (Lipinski definition) is 2. The van der Waals surface area contributed by atoms with Crippen molar-refractivity contribution in [3.8, 4) is 11.1 Å². The highest BCUT2D eigenvalue weighted by molar-refractivity contribution is 5.67. The Balaban J connectivity index is 1.44. The monoisotopic (exact) mass is 338 g/mol. The number of rotatable bonds is 7. The summed E-state index contributed by atoms with van der Waals surface area (Å²) in [5.74, 6) is 0. The van der Waals surface area contributed by atoms with Crippen LogP contribution in [0.15, 0.2) is 48.5 Å². The van der Waals surface area contributed by atoms with Crippen molar-refractivity contribution >= 4 is 0 Å². The van der Waals surface area contributed by atoms with Gasteiger partial charge in [-0.3, -0.25) is 0 Å². The van der Waals surface area contributed by atoms with Crippen molar-refractivity contribution in [2.24, 2.45) is 0 Å². The van der Waals surface area contributed by atoms with E-state index in [1.807, 2.05) is 0 Å². The van der Waals surface area contributed by atoms with Crippen molar-refractivity contribution in [2.45, 2.75) is 38.8 Å². The molecule has 3 nitrogen and oxygen atoms in total. The maximum atomic E-state index is 9.71. The molecular formula is C22H30N2O. The predicted octanol–water partition coefficient (Wildman–Crippen LogP) is 3.60. The molecule has 2 N–H and O–H groups in total. The van der Waals surface area contributed by atoms with E-state index >= 15 is 0 Å². The SMILES string of the molecule is Cc1ccccc1-c1cccc(CNCCCN2CCCC(O)C2)c1. The molecular weight excluding hydrogens is 308 g/mol. The van der Waals surface area contributed by atoms with E-state index in [9.17, 15) is 5.11 Å². The second-order valence-electron chi connectivity index (χ2n) is 7.14. The summed E-state index contributed by atoms with van der Waals surface area (Å²) < 4.78 is 0. The van der Waals surface area contributed by atoms with Crippen LogP contribution in [0.3, 0.4) is 0 Å². The van der Waals surface area contributed by atoms with Crippen LogP contribution in [0.2, 0.25) is 0 Å². The molecule has 134 valence electrons. The van der Waals surface area contributed by atoms with Crippen LogP contribution in [0.1, 0.15) is 30.4 Å². The van der Waals surface area contributed by atoms with E-state index in [0.717, 1.165) is 52.0 Å². The Hall–Kier alpha value is -1.68. The zero-order valence-corrected chi connectivity index (χ0v) is 15.2. The summed E-state index contributed by atoms with van der Waals surface area (Å²) in [6.45, 7) is 7.14. The molecule has 1 heterocycles. The number of aliphatic hydroxyl groups excluding tert-OH is 1. The lowest BCUT2D eigenvalue weighted by Crippen LogP contribution is -2.39. The summed E-state index contributed by atoms with van der Waals surface area (Å²) in [7, 11) is 0. The van der Waals surface area contributed by atoms with Crippen LogP contribution < -0.4 is 5.32 Å². The van der Waals surface area contributed by atoms with Crippen molar-refractivity contribution in [1.29, 1.82) is 0 Å². The number of aliphatic hydroxyl groups is 1. The van der Waals surface area contributed by atoms with Crippen LogP contribution in [-0.2, 0) is 6.54 Å². The van der Waals surface area contributed by atoms with Crippen molar-refractivity contribution in [3.63, 3.8) is 0 Å². The van der Waals surface area contributed by atoms with Gasteiger partial charge in [0.25, 0.3) is 0 Å². The molecule has 3 rings (SSSR count). The third kappa shape index (κ3) is 5.40. The molecule has 0 aliphatic carbocycles. The maximum Gasteiger partial charge on any atom is 0.0667 e. The highest BCUT2D eigenvalue weighted by Crippen LogP contribution is 2.23. The van der Waals surface area contributed by atoms with Gasteiger partial charge in [-0.2, -0.15) is 0 Å². The second kappa shape index (κ2) is 9.14. The van der Waals surface area contributed by atoms with Gasteiger partial charge < -0.3 is 15.3 Å². The van der Waals surface area contributed by atoms with Crippen LogP contribution in [0.4, 0.5) is 0 Å². The van der Waals surface area contributed by atoms with Gasteiger partial charge in [0.2, 0.25) is 0 Å². The lowest BCUT2D eigenvalue weighted by molar-refractivity contribution is 0.0702. The minimum atomic E-state index is -0.120. The Bertz CT molecular complexity index is 671. The van der Waals surface area contributed by atoms with Gasteiger partial charge in [0, 0.05) is 13.1 Å². The molecule has 0 amide bonds. The fraction of sp³-hybridized carbons (Fsp3) is 0.455. The first-order valence-electron chi connectivity index (χ1n) is 9.48. The summed E-state index contributed by atoms with van der Waals surface area (Å²) >= 11 is 0. The van der Waals surface area contributed by atoms with E-state index < -0.39 is 0 Å². The lowest BCUT2D eigenvalue weighted by atomic mass is 9.99. The molecule has 1 aliphatic rings. The van der Waals surface area contributed by atoms with Gasteiger partial charge >= 0.3 is 0 Å². The summed E-state index contributed by atoms with van der Waals surface area (Å²) in [5, 5.41) is 13.3. The third-order valence-corrected chi connectivity index (χ3v) is 5.02. The molecule has 0 saturated carbocycles. The van der Waals surface area contributed by atoms with Gasteiger partial charge in [-0.05, 0) is 74.1 Å². The van der Waals surface area contributed by atoms with Crippen LogP contribution in [-0.4, -0.2) is 42.3 Å². The third-order valence-electron chi connectivity index (χ3n) is 5.02. The fourth-order valence-electron chi connectivity index (χ4n) is 3.64. The summed E-state index contributed by atoms with van der Waals surface area (Å²) in [6, 6.07) is 17.4. The number of nitrogens with zero attached hydrogens (tertiary/aromatic N) is 1. The van der Waals surface area contributed by atoms with Gasteiger partial charge in [-0.1, -0.05) is 42.5 Å². The maximum absolute atomic E-state index is 9.71. The second-order valence-corrected chi connectivity index (χ2v) is 7.14. The minimum absolute atomic E-state index is 0.120. The quantitative estimate of drug-likeness (QED) is 0.757. The molecule has 1 unspecified atom stereocenters. The summed E-state index contributed by atoms with van der Waals surface area (Å²) in [4.78, 5) is 2.38. The Morgan fingerprint density at radius 2 is 2.04 bits per heavy atom. The van der Waals surface area contributed by atoms with Gasteiger partial charge in [0.15, 0.2) is 0 Å². The molecule has 2 aromatic rings. The van der Waals surface area contributed by atoms with E-state index in [1.165, 1.54) is 22.3 Å². The lowest BCUT2D eigenvalue weighted by Gasteiger charge is -2.29. The molecule has 0 radical (unpaired) electrons. The molecule has 1 atom stereocenters. The Morgan fingerprint density at radius 3 is 2.88 bits per heavy atom. The number of benzene rings is 2. The number of likely N-dealkylation sites (tertiary alicyclic amines) is 1. The molecule has 0 bridgehead atoms. The molecule has 0 spiro atoms. The van der Waals surface area contributed by atoms with Gasteiger partial charge in [-0.15, -0.1) is 0 Å². The average Bonchev–Trinajstić information content (AvgIpc) is 2.62. The number of hydrogen-bond acceptors (Lipinski definition) is 3. The standard InChI is InChI=1S/C22H30N2O/c1-18-7-2-3-11-22(18)20-9-4-8-19(15-20)16-23-12-6-14-24-13-5-10-21(25)17-24/h2-4,7-9,11,15,21,23,25H,5-6,10,12-14,16-17H2,1H3. The van der Waals surface area contributed by atoms with E-state index in [-0.39, 0.29) is 6.10 Å². The number of piperidine rings is 1. The predicted molar refractivity (Wildman–Crippen MR) is 105 cm³/mol. The van der Waals surface area contributed by atoms with E-state index in [1.54, 1.807) is 0 Å². The molecule has 2 aromatic carbocycles. The Kier molecular flexibility index (Phi) is 6.62. The fourth-order valence-corrected chi connectivity index (χ4v) is 3.64. The molecule has 1 saturated heterocycles. The van der Waals surface area contributed by atoms with Crippen molar-refractivity contribution in [3.05, 3.63) is 59.7 Å². The highest BCUT2D eigenvalue weighted by Gasteiger charge is 2.16. The largest absolute Gasteiger partial charge is 0.392 e. The van der Waals surface area contributed by atoms with Crippen molar-refractivity contribution < 1.29 is 5.11 Å². The van der Waals surface area contributed by atoms with Gasteiger partial charge in [0.1, 0.15) is 0 Å². The van der Waals surface area contributed by atoms with Crippen LogP contribution >= 0.6 is 0 Å². The molecule has 1 aliphatic heterocycles. The smallest absolute Gasteiger partial charge is 0.0667 e. The van der Waals surface area contributed by atoms with Crippen molar-refractivity contribution in [2.75, 3.05) is 26.2 Å². The first-order valence-corrected chi connectivity index (χ1v) is 9.48. The number of β-amino-alcohol motifs (C(OH)–C–C–N with tert-alkyl or cyclic N) is 1. The normalized spacial score (nSPS) is 18.4. The zero-order chi connectivity index (χ0) is 17.5. The molecule has 0 aromatic heterocycles. The molecule has 3 heteroatoms. The highest BCUT2D eigenvalue weighted by atomic mass is 16.3. The van der Waals surface area contributed by atoms with Crippen LogP contribution in [0, 0.1) is 6.92 Å².